The molecule has 0 fully saturated rings. The molecule has 0 saturated heterocycles. The van der Waals surface area contributed by atoms with Gasteiger partial charge in [0, 0.05) is 29.7 Å². The number of aromatic nitrogens is 1. The predicted molar refractivity (Wildman–Crippen MR) is 166 cm³/mol. The lowest BCUT2D eigenvalue weighted by Gasteiger charge is -2.25. The first-order chi connectivity index (χ1) is 20.6. The third-order valence-electron chi connectivity index (χ3n) is 9.47. The zero-order valence-electron chi connectivity index (χ0n) is 25.4. The summed E-state index contributed by atoms with van der Waals surface area (Å²) < 4.78 is 35.9. The van der Waals surface area contributed by atoms with E-state index in [0.29, 0.717) is 42.0 Å². The highest BCUT2D eigenvalue weighted by atomic mass is 19.3. The summed E-state index contributed by atoms with van der Waals surface area (Å²) in [4.78, 5) is 32.5. The lowest BCUT2D eigenvalue weighted by molar-refractivity contribution is -0.137. The van der Waals surface area contributed by atoms with Crippen molar-refractivity contribution in [1.29, 1.82) is 0 Å². The fourth-order valence-corrected chi connectivity index (χ4v) is 7.13. The van der Waals surface area contributed by atoms with Gasteiger partial charge in [-0.1, -0.05) is 38.7 Å². The molecule has 4 atom stereocenters. The van der Waals surface area contributed by atoms with Gasteiger partial charge in [0.1, 0.15) is 11.6 Å². The van der Waals surface area contributed by atoms with Crippen molar-refractivity contribution in [2.24, 2.45) is 23.7 Å². The highest BCUT2D eigenvalue weighted by molar-refractivity contribution is 6.04. The minimum absolute atomic E-state index is 0.0405. The fourth-order valence-electron chi connectivity index (χ4n) is 7.13. The van der Waals surface area contributed by atoms with Crippen molar-refractivity contribution in [3.8, 4) is 0 Å². The largest absolute Gasteiger partial charge is 0.472 e. The monoisotopic (exact) mass is 585 g/mol. The molecule has 0 bridgehead atoms. The maximum Gasteiger partial charge on any atom is 0.291 e. The maximum atomic E-state index is 15.4. The van der Waals surface area contributed by atoms with Crippen LogP contribution in [0.25, 0.3) is 11.1 Å². The van der Waals surface area contributed by atoms with Crippen LogP contribution < -0.4 is 0 Å². The molecule has 4 nitrogen and oxygen atoms in total. The smallest absolute Gasteiger partial charge is 0.291 e. The van der Waals surface area contributed by atoms with Gasteiger partial charge < -0.3 is 4.42 Å². The van der Waals surface area contributed by atoms with E-state index in [-0.39, 0.29) is 29.5 Å². The Balaban J connectivity index is 1.40. The molecule has 3 aliphatic rings. The summed E-state index contributed by atoms with van der Waals surface area (Å²) in [7, 11) is 0. The van der Waals surface area contributed by atoms with Crippen LogP contribution in [0.15, 0.2) is 83.4 Å². The Bertz CT molecular complexity index is 1510. The van der Waals surface area contributed by atoms with Gasteiger partial charge in [0.05, 0.1) is 24.1 Å². The Labute approximate surface area is 253 Å². The van der Waals surface area contributed by atoms with E-state index in [2.05, 4.69) is 26.5 Å². The maximum absolute atomic E-state index is 15.4. The highest BCUT2D eigenvalue weighted by Gasteiger charge is 2.43. The van der Waals surface area contributed by atoms with E-state index < -0.39 is 23.7 Å². The number of fused-ring (bicyclic) bond motifs is 1. The summed E-state index contributed by atoms with van der Waals surface area (Å²) in [5, 5.41) is 0. The molecule has 226 valence electrons. The second-order valence-corrected chi connectivity index (χ2v) is 12.2. The van der Waals surface area contributed by atoms with Gasteiger partial charge in [-0.15, -0.1) is 0 Å². The van der Waals surface area contributed by atoms with Gasteiger partial charge in [-0.25, -0.2) is 0 Å². The van der Waals surface area contributed by atoms with E-state index in [1.165, 1.54) is 35.3 Å². The molecular formula is C37H41F2NO3. The number of carbonyl (C=O) groups is 2. The SMILES string of the molecule is C=CC(F)(F)C1=CC(c2ccoc2)=CCC2CC(=O)C(C(=O)C3CCC=C(c4nccc(C)c4CC)CCC3)C(C)C=C12. The lowest BCUT2D eigenvalue weighted by Crippen LogP contribution is -2.34. The van der Waals surface area contributed by atoms with Crippen LogP contribution in [0.1, 0.15) is 81.2 Å². The molecule has 6 heteroatoms. The molecule has 3 aliphatic carbocycles. The number of halogens is 2. The molecule has 0 aliphatic heterocycles. The number of aryl methyl sites for hydroxylation is 1. The number of hydrogen-bond donors (Lipinski definition) is 0. The van der Waals surface area contributed by atoms with Gasteiger partial charge in [-0.05, 0) is 116 Å². The van der Waals surface area contributed by atoms with Crippen LogP contribution in [-0.2, 0) is 16.0 Å². The standard InChI is InChI=1S/C37H41F2NO3/c1-5-30-23(3)15-17-40-35(30)25-9-7-11-26(12-8-10-25)36(42)34-24(4)19-31-28(21-33(34)41)14-13-27(29-16-18-43-22-29)20-32(31)37(38,39)6-2/h6,9,13,15-20,22,24,26,28,34H,2,5,7-8,10-12,14,21H2,1,3-4H3. The molecule has 4 unspecified atom stereocenters. The molecule has 2 heterocycles. The molecular weight excluding hydrogens is 544 g/mol. The van der Waals surface area contributed by atoms with Crippen LogP contribution in [-0.4, -0.2) is 22.5 Å². The van der Waals surface area contributed by atoms with Crippen LogP contribution in [0.5, 0.6) is 0 Å². The van der Waals surface area contributed by atoms with Gasteiger partial charge >= 0.3 is 0 Å². The molecule has 0 amide bonds. The summed E-state index contributed by atoms with van der Waals surface area (Å²) >= 11 is 0. The molecule has 2 aromatic rings. The van der Waals surface area contributed by atoms with E-state index in [1.807, 2.05) is 25.3 Å². The topological polar surface area (TPSA) is 60.2 Å². The van der Waals surface area contributed by atoms with Crippen LogP contribution >= 0.6 is 0 Å². The molecule has 5 rings (SSSR count). The number of furan rings is 1. The van der Waals surface area contributed by atoms with E-state index >= 15 is 8.78 Å². The number of hydrogen-bond acceptors (Lipinski definition) is 4. The summed E-state index contributed by atoms with van der Waals surface area (Å²) in [5.74, 6) is -5.47. The van der Waals surface area contributed by atoms with Crippen molar-refractivity contribution in [2.45, 2.75) is 78.1 Å². The molecule has 0 aromatic carbocycles. The van der Waals surface area contributed by atoms with Crippen molar-refractivity contribution in [3.63, 3.8) is 0 Å². The second-order valence-electron chi connectivity index (χ2n) is 12.2. The van der Waals surface area contributed by atoms with Crippen LogP contribution in [0.2, 0.25) is 0 Å². The molecule has 2 aromatic heterocycles. The molecule has 0 saturated carbocycles. The zero-order valence-corrected chi connectivity index (χ0v) is 25.4. The Morgan fingerprint density at radius 3 is 2.77 bits per heavy atom. The van der Waals surface area contributed by atoms with Gasteiger partial charge in [0.15, 0.2) is 0 Å². The minimum Gasteiger partial charge on any atom is -0.472 e. The summed E-state index contributed by atoms with van der Waals surface area (Å²) in [6.07, 6.45) is 18.1. The third kappa shape index (κ3) is 6.34. The summed E-state index contributed by atoms with van der Waals surface area (Å²) in [5.41, 5.74) is 6.42. The number of rotatable bonds is 7. The molecule has 0 radical (unpaired) electrons. The zero-order chi connectivity index (χ0) is 30.7. The number of ketones is 2. The number of alkyl halides is 2. The number of allylic oxidation sites excluding steroid dienone is 9. The van der Waals surface area contributed by atoms with Crippen molar-refractivity contribution in [1.82, 2.24) is 4.98 Å². The number of nitrogens with zero attached hydrogens (tertiary/aromatic N) is 1. The van der Waals surface area contributed by atoms with E-state index in [9.17, 15) is 9.59 Å². The number of Topliss-reactive ketones (excluding diaryl/α,β-unsaturated/α-hetero) is 2. The Morgan fingerprint density at radius 1 is 1.23 bits per heavy atom. The predicted octanol–water partition coefficient (Wildman–Crippen LogP) is 9.08. The Morgan fingerprint density at radius 2 is 2.05 bits per heavy atom. The Hall–Kier alpha value is -3.67. The molecule has 43 heavy (non-hydrogen) atoms. The van der Waals surface area contributed by atoms with E-state index in [4.69, 9.17) is 9.40 Å². The van der Waals surface area contributed by atoms with E-state index in [0.717, 1.165) is 31.4 Å². The van der Waals surface area contributed by atoms with Crippen molar-refractivity contribution < 1.29 is 22.8 Å². The first-order valence-electron chi connectivity index (χ1n) is 15.5. The van der Waals surface area contributed by atoms with Gasteiger partial charge in [-0.3, -0.25) is 14.6 Å². The van der Waals surface area contributed by atoms with Crippen LogP contribution in [0.4, 0.5) is 8.78 Å². The van der Waals surface area contributed by atoms with Gasteiger partial charge in [0.2, 0.25) is 0 Å². The molecule has 0 N–H and O–H groups in total. The highest BCUT2D eigenvalue weighted by Crippen LogP contribution is 2.45. The Kier molecular flexibility index (Phi) is 9.24. The first-order valence-corrected chi connectivity index (χ1v) is 15.5. The summed E-state index contributed by atoms with van der Waals surface area (Å²) in [6, 6.07) is 3.78. The quantitative estimate of drug-likeness (QED) is 0.240. The van der Waals surface area contributed by atoms with Crippen molar-refractivity contribution in [3.05, 3.63) is 101 Å². The fraction of sp³-hybridized carbons (Fsp3) is 0.432. The first kappa shape index (κ1) is 30.8. The minimum atomic E-state index is -3.29. The lowest BCUT2D eigenvalue weighted by atomic mass is 9.76. The normalized spacial score (nSPS) is 25.1. The number of carbonyl (C=O) groups excluding carboxylic acids is 2. The van der Waals surface area contributed by atoms with Crippen molar-refractivity contribution >= 4 is 22.7 Å². The average molecular weight is 586 g/mol. The van der Waals surface area contributed by atoms with Crippen molar-refractivity contribution in [2.75, 3.05) is 0 Å². The van der Waals surface area contributed by atoms with E-state index in [1.54, 1.807) is 12.1 Å². The van der Waals surface area contributed by atoms with Crippen LogP contribution in [0.3, 0.4) is 0 Å². The number of pyridine rings is 1. The van der Waals surface area contributed by atoms with Crippen LogP contribution in [0, 0.1) is 30.6 Å². The third-order valence-corrected chi connectivity index (χ3v) is 9.47. The second kappa shape index (κ2) is 12.9. The van der Waals surface area contributed by atoms with Gasteiger partial charge in [0.25, 0.3) is 5.92 Å². The molecule has 0 spiro atoms. The summed E-state index contributed by atoms with van der Waals surface area (Å²) in [6.45, 7) is 9.49. The average Bonchev–Trinajstić information content (AvgIpc) is 3.40. The van der Waals surface area contributed by atoms with Gasteiger partial charge in [-0.2, -0.15) is 8.78 Å².